The standard InChI is InChI=1S/C26H28N4O3/c1-18(20-8-5-4-6-9-20)28-26(33)21-10-7-11-23(16-21)27-17-25(32)29-22-12-14-24(15-13-22)30(3)19(2)31/h4-16,18,27H,17H2,1-3H3,(H,28,33)(H,29,32). The smallest absolute Gasteiger partial charge is 0.251 e. The monoisotopic (exact) mass is 444 g/mol. The maximum Gasteiger partial charge on any atom is 0.251 e. The van der Waals surface area contributed by atoms with Gasteiger partial charge >= 0.3 is 0 Å². The minimum absolute atomic E-state index is 0.0423. The third kappa shape index (κ3) is 6.67. The normalized spacial score (nSPS) is 11.2. The number of rotatable bonds is 8. The summed E-state index contributed by atoms with van der Waals surface area (Å²) in [5.74, 6) is -0.480. The van der Waals surface area contributed by atoms with Gasteiger partial charge in [0, 0.05) is 36.6 Å². The molecule has 1 atom stereocenters. The summed E-state index contributed by atoms with van der Waals surface area (Å²) in [7, 11) is 1.69. The maximum atomic E-state index is 12.6. The first-order chi connectivity index (χ1) is 15.8. The number of hydrogen-bond donors (Lipinski definition) is 3. The average molecular weight is 445 g/mol. The molecule has 7 nitrogen and oxygen atoms in total. The topological polar surface area (TPSA) is 90.5 Å². The zero-order valence-corrected chi connectivity index (χ0v) is 19.0. The van der Waals surface area contributed by atoms with Crippen molar-refractivity contribution in [3.8, 4) is 0 Å². The zero-order chi connectivity index (χ0) is 23.8. The summed E-state index contributed by atoms with van der Waals surface area (Å²) >= 11 is 0. The summed E-state index contributed by atoms with van der Waals surface area (Å²) in [6.45, 7) is 3.47. The molecule has 3 aromatic carbocycles. The largest absolute Gasteiger partial charge is 0.376 e. The molecule has 0 bridgehead atoms. The Morgan fingerprint density at radius 1 is 0.879 bits per heavy atom. The molecule has 1 unspecified atom stereocenters. The molecule has 0 aliphatic carbocycles. The van der Waals surface area contributed by atoms with E-state index >= 15 is 0 Å². The number of anilines is 3. The van der Waals surface area contributed by atoms with Crippen LogP contribution in [0.25, 0.3) is 0 Å². The van der Waals surface area contributed by atoms with Crippen LogP contribution < -0.4 is 20.9 Å². The van der Waals surface area contributed by atoms with E-state index in [1.54, 1.807) is 55.6 Å². The Kier molecular flexibility index (Phi) is 7.81. The van der Waals surface area contributed by atoms with Gasteiger partial charge in [0.05, 0.1) is 12.6 Å². The van der Waals surface area contributed by atoms with Gasteiger partial charge in [-0.1, -0.05) is 36.4 Å². The van der Waals surface area contributed by atoms with E-state index in [9.17, 15) is 14.4 Å². The van der Waals surface area contributed by atoms with Crippen LogP contribution in [0.2, 0.25) is 0 Å². The Bertz CT molecular complexity index is 1110. The molecule has 170 valence electrons. The van der Waals surface area contributed by atoms with E-state index in [0.29, 0.717) is 16.9 Å². The molecule has 3 N–H and O–H groups in total. The van der Waals surface area contributed by atoms with Gasteiger partial charge in [0.25, 0.3) is 5.91 Å². The molecule has 0 saturated heterocycles. The van der Waals surface area contributed by atoms with Crippen LogP contribution in [-0.2, 0) is 9.59 Å². The van der Waals surface area contributed by atoms with Crippen LogP contribution in [-0.4, -0.2) is 31.3 Å². The number of amides is 3. The fourth-order valence-electron chi connectivity index (χ4n) is 3.21. The minimum Gasteiger partial charge on any atom is -0.376 e. The fraction of sp³-hybridized carbons (Fsp3) is 0.192. The SMILES string of the molecule is CC(=O)N(C)c1ccc(NC(=O)CNc2cccc(C(=O)NC(C)c3ccccc3)c2)cc1. The molecular formula is C26H28N4O3. The van der Waals surface area contributed by atoms with E-state index in [1.807, 2.05) is 37.3 Å². The number of nitrogens with zero attached hydrogens (tertiary/aromatic N) is 1. The molecule has 33 heavy (non-hydrogen) atoms. The second-order valence-electron chi connectivity index (χ2n) is 7.71. The van der Waals surface area contributed by atoms with E-state index in [0.717, 1.165) is 11.3 Å². The molecule has 0 saturated carbocycles. The lowest BCUT2D eigenvalue weighted by molar-refractivity contribution is -0.116. The summed E-state index contributed by atoms with van der Waals surface area (Å²) in [6, 6.07) is 23.7. The number of benzene rings is 3. The Morgan fingerprint density at radius 2 is 1.58 bits per heavy atom. The van der Waals surface area contributed by atoms with E-state index in [4.69, 9.17) is 0 Å². The van der Waals surface area contributed by atoms with Crippen molar-refractivity contribution in [1.29, 1.82) is 0 Å². The second kappa shape index (κ2) is 10.9. The summed E-state index contributed by atoms with van der Waals surface area (Å²) in [5, 5.41) is 8.84. The number of carbonyl (C=O) groups is 3. The van der Waals surface area contributed by atoms with Crippen molar-refractivity contribution in [2.75, 3.05) is 29.1 Å². The quantitative estimate of drug-likeness (QED) is 0.485. The average Bonchev–Trinajstić information content (AvgIpc) is 2.83. The molecule has 0 radical (unpaired) electrons. The Balaban J connectivity index is 1.53. The maximum absolute atomic E-state index is 12.6. The molecule has 3 aromatic rings. The van der Waals surface area contributed by atoms with Gasteiger partial charge in [0.2, 0.25) is 11.8 Å². The summed E-state index contributed by atoms with van der Waals surface area (Å²) in [4.78, 5) is 37.9. The van der Waals surface area contributed by atoms with E-state index in [1.165, 1.54) is 11.8 Å². The molecule has 0 spiro atoms. The van der Waals surface area contributed by atoms with Crippen LogP contribution in [0.15, 0.2) is 78.9 Å². The first-order valence-corrected chi connectivity index (χ1v) is 10.7. The van der Waals surface area contributed by atoms with Crippen molar-refractivity contribution < 1.29 is 14.4 Å². The van der Waals surface area contributed by atoms with E-state index < -0.39 is 0 Å². The highest BCUT2D eigenvalue weighted by Gasteiger charge is 2.12. The number of hydrogen-bond acceptors (Lipinski definition) is 4. The lowest BCUT2D eigenvalue weighted by Gasteiger charge is -2.16. The Morgan fingerprint density at radius 3 is 2.24 bits per heavy atom. The van der Waals surface area contributed by atoms with Crippen molar-refractivity contribution in [3.05, 3.63) is 90.0 Å². The molecule has 0 aliphatic rings. The summed E-state index contributed by atoms with van der Waals surface area (Å²) in [6.07, 6.45) is 0. The van der Waals surface area contributed by atoms with Gasteiger partial charge in [-0.2, -0.15) is 0 Å². The van der Waals surface area contributed by atoms with Crippen LogP contribution in [0.1, 0.15) is 35.8 Å². The van der Waals surface area contributed by atoms with Crippen molar-refractivity contribution in [2.45, 2.75) is 19.9 Å². The van der Waals surface area contributed by atoms with Crippen LogP contribution in [0.4, 0.5) is 17.1 Å². The molecule has 0 fully saturated rings. The third-order valence-electron chi connectivity index (χ3n) is 5.24. The molecule has 0 aliphatic heterocycles. The lowest BCUT2D eigenvalue weighted by Crippen LogP contribution is -2.27. The number of carbonyl (C=O) groups excluding carboxylic acids is 3. The van der Waals surface area contributed by atoms with Crippen molar-refractivity contribution in [1.82, 2.24) is 5.32 Å². The van der Waals surface area contributed by atoms with Crippen LogP contribution >= 0.6 is 0 Å². The van der Waals surface area contributed by atoms with Gasteiger partial charge in [0.15, 0.2) is 0 Å². The Hall–Kier alpha value is -4.13. The molecule has 3 amide bonds. The van der Waals surface area contributed by atoms with Gasteiger partial charge in [-0.25, -0.2) is 0 Å². The van der Waals surface area contributed by atoms with Gasteiger partial charge in [-0.3, -0.25) is 14.4 Å². The van der Waals surface area contributed by atoms with Gasteiger partial charge in [-0.15, -0.1) is 0 Å². The van der Waals surface area contributed by atoms with Gasteiger partial charge in [-0.05, 0) is 55.0 Å². The molecular weight excluding hydrogens is 416 g/mol. The molecule has 3 rings (SSSR count). The predicted octanol–water partition coefficient (Wildman–Crippen LogP) is 4.21. The lowest BCUT2D eigenvalue weighted by atomic mass is 10.1. The first-order valence-electron chi connectivity index (χ1n) is 10.7. The first kappa shape index (κ1) is 23.5. The van der Waals surface area contributed by atoms with E-state index in [-0.39, 0.29) is 30.3 Å². The highest BCUT2D eigenvalue weighted by molar-refractivity contribution is 5.96. The minimum atomic E-state index is -0.227. The highest BCUT2D eigenvalue weighted by Crippen LogP contribution is 2.18. The third-order valence-corrected chi connectivity index (χ3v) is 5.24. The number of nitrogens with one attached hydrogen (secondary N) is 3. The van der Waals surface area contributed by atoms with Crippen molar-refractivity contribution >= 4 is 34.8 Å². The van der Waals surface area contributed by atoms with Crippen LogP contribution in [0.3, 0.4) is 0 Å². The molecule has 0 heterocycles. The predicted molar refractivity (Wildman–Crippen MR) is 131 cm³/mol. The van der Waals surface area contributed by atoms with Crippen LogP contribution in [0, 0.1) is 0 Å². The van der Waals surface area contributed by atoms with Crippen LogP contribution in [0.5, 0.6) is 0 Å². The zero-order valence-electron chi connectivity index (χ0n) is 19.0. The molecule has 0 aromatic heterocycles. The second-order valence-corrected chi connectivity index (χ2v) is 7.71. The molecule has 7 heteroatoms. The van der Waals surface area contributed by atoms with Crippen molar-refractivity contribution in [3.63, 3.8) is 0 Å². The Labute approximate surface area is 193 Å². The van der Waals surface area contributed by atoms with Gasteiger partial charge in [0.1, 0.15) is 0 Å². The van der Waals surface area contributed by atoms with Gasteiger partial charge < -0.3 is 20.9 Å². The summed E-state index contributed by atoms with van der Waals surface area (Å²) in [5.41, 5.74) is 3.58. The fourth-order valence-corrected chi connectivity index (χ4v) is 3.21. The summed E-state index contributed by atoms with van der Waals surface area (Å²) < 4.78 is 0. The van der Waals surface area contributed by atoms with E-state index in [2.05, 4.69) is 16.0 Å². The highest BCUT2D eigenvalue weighted by atomic mass is 16.2. The van der Waals surface area contributed by atoms with Crippen molar-refractivity contribution in [2.24, 2.45) is 0 Å².